The third-order valence-corrected chi connectivity index (χ3v) is 7.11. The maximum atomic E-state index is 13.8. The Hall–Kier alpha value is -2.70. The highest BCUT2D eigenvalue weighted by atomic mass is 35.5. The van der Waals surface area contributed by atoms with E-state index in [0.29, 0.717) is 20.0 Å². The van der Waals surface area contributed by atoms with E-state index in [2.05, 4.69) is 25.1 Å². The molecule has 0 bridgehead atoms. The summed E-state index contributed by atoms with van der Waals surface area (Å²) in [6, 6.07) is 8.66. The Balaban J connectivity index is 1.91. The van der Waals surface area contributed by atoms with Crippen LogP contribution in [-0.2, 0) is 0 Å². The van der Waals surface area contributed by atoms with Gasteiger partial charge in [-0.1, -0.05) is 29.3 Å². The average molecular weight is 441 g/mol. The lowest BCUT2D eigenvalue weighted by molar-refractivity contribution is -0.384. The van der Waals surface area contributed by atoms with Crippen LogP contribution in [0.3, 0.4) is 0 Å². The Morgan fingerprint density at radius 1 is 1.17 bits per heavy atom. The van der Waals surface area contributed by atoms with Gasteiger partial charge in [-0.3, -0.25) is 19.8 Å². The van der Waals surface area contributed by atoms with E-state index >= 15 is 0 Å². The van der Waals surface area contributed by atoms with Crippen LogP contribution in [0.1, 0.15) is 47.1 Å². The molecule has 0 spiro atoms. The average Bonchev–Trinajstić information content (AvgIpc) is 2.98. The number of nitro groups is 1. The lowest BCUT2D eigenvalue weighted by atomic mass is 9.86. The van der Waals surface area contributed by atoms with Crippen molar-refractivity contribution in [1.29, 1.82) is 0 Å². The number of anilines is 1. The van der Waals surface area contributed by atoms with Gasteiger partial charge in [-0.25, -0.2) is 0 Å². The molecule has 0 N–H and O–H groups in total. The van der Waals surface area contributed by atoms with E-state index in [4.69, 9.17) is 11.6 Å². The van der Waals surface area contributed by atoms with Gasteiger partial charge < -0.3 is 0 Å². The number of amides is 1. The summed E-state index contributed by atoms with van der Waals surface area (Å²) in [5.41, 5.74) is 4.63. The number of allylic oxidation sites excluding steroid dienone is 1. The van der Waals surface area contributed by atoms with E-state index in [9.17, 15) is 14.9 Å². The van der Waals surface area contributed by atoms with Crippen LogP contribution >= 0.6 is 22.9 Å². The molecule has 1 aliphatic rings. The first-order valence-electron chi connectivity index (χ1n) is 9.53. The number of fused-ring (bicyclic) bond motifs is 2. The fourth-order valence-corrected chi connectivity index (χ4v) is 5.76. The summed E-state index contributed by atoms with van der Waals surface area (Å²) in [6.07, 6.45) is 2.10. The number of hydrogen-bond acceptors (Lipinski definition) is 4. The summed E-state index contributed by atoms with van der Waals surface area (Å²) in [5, 5.41) is 12.1. The van der Waals surface area contributed by atoms with Crippen molar-refractivity contribution in [3.63, 3.8) is 0 Å². The maximum Gasteiger partial charge on any atom is 0.270 e. The molecule has 0 saturated carbocycles. The van der Waals surface area contributed by atoms with Crippen LogP contribution in [0.15, 0.2) is 36.4 Å². The molecule has 2 aromatic carbocycles. The number of nitrogens with zero attached hydrogens (tertiary/aromatic N) is 2. The highest BCUT2D eigenvalue weighted by molar-refractivity contribution is 7.21. The molecule has 0 aliphatic carbocycles. The number of non-ortho nitro benzene ring substituents is 1. The number of benzene rings is 2. The summed E-state index contributed by atoms with van der Waals surface area (Å²) >= 11 is 7.79. The molecule has 5 nitrogen and oxygen atoms in total. The molecule has 1 amide bonds. The Bertz CT molecular complexity index is 1270. The fourth-order valence-electron chi connectivity index (χ4n) is 4.29. The van der Waals surface area contributed by atoms with Gasteiger partial charge in [0.1, 0.15) is 4.88 Å². The standard InChI is InChI=1S/C23H21ClN2O3S/c1-12-8-13(2)20-17(9-12)14(3)11-23(4,5)25(20)22(27)21-19(24)16-7-6-15(26(28)29)10-18(16)30-21/h6-11H,1-5H3. The number of nitro benzene ring substituents is 1. The minimum Gasteiger partial charge on any atom is -0.298 e. The van der Waals surface area contributed by atoms with Gasteiger partial charge >= 0.3 is 0 Å². The van der Waals surface area contributed by atoms with Crippen LogP contribution in [0.25, 0.3) is 15.7 Å². The molecule has 1 aliphatic heterocycles. The van der Waals surface area contributed by atoms with E-state index < -0.39 is 10.5 Å². The van der Waals surface area contributed by atoms with Gasteiger partial charge in [0.15, 0.2) is 0 Å². The van der Waals surface area contributed by atoms with Crippen LogP contribution in [0, 0.1) is 24.0 Å². The van der Waals surface area contributed by atoms with E-state index in [1.165, 1.54) is 23.5 Å². The van der Waals surface area contributed by atoms with Crippen LogP contribution in [-0.4, -0.2) is 16.4 Å². The Morgan fingerprint density at radius 2 is 1.87 bits per heavy atom. The molecule has 0 saturated heterocycles. The topological polar surface area (TPSA) is 63.5 Å². The molecule has 4 rings (SSSR count). The number of carbonyl (C=O) groups is 1. The number of rotatable bonds is 2. The minimum absolute atomic E-state index is 0.0204. The van der Waals surface area contributed by atoms with Gasteiger partial charge in [-0.05, 0) is 57.9 Å². The predicted octanol–water partition coefficient (Wildman–Crippen LogP) is 6.92. The molecule has 0 fully saturated rings. The smallest absolute Gasteiger partial charge is 0.270 e. The number of halogens is 1. The van der Waals surface area contributed by atoms with Crippen LogP contribution in [0.2, 0.25) is 5.02 Å². The van der Waals surface area contributed by atoms with Crippen LogP contribution < -0.4 is 4.90 Å². The van der Waals surface area contributed by atoms with Gasteiger partial charge in [0.25, 0.3) is 11.6 Å². The molecular weight excluding hydrogens is 420 g/mol. The summed E-state index contributed by atoms with van der Waals surface area (Å²) in [7, 11) is 0. The first-order valence-corrected chi connectivity index (χ1v) is 10.7. The molecular formula is C23H21ClN2O3S. The summed E-state index contributed by atoms with van der Waals surface area (Å²) in [5.74, 6) is -0.203. The molecule has 30 heavy (non-hydrogen) atoms. The van der Waals surface area contributed by atoms with E-state index in [1.54, 1.807) is 11.0 Å². The second kappa shape index (κ2) is 6.93. The third kappa shape index (κ3) is 3.11. The van der Waals surface area contributed by atoms with E-state index in [-0.39, 0.29) is 11.6 Å². The summed E-state index contributed by atoms with van der Waals surface area (Å²) < 4.78 is 0.625. The number of hydrogen-bond donors (Lipinski definition) is 0. The fraction of sp³-hybridized carbons (Fsp3) is 0.261. The zero-order valence-electron chi connectivity index (χ0n) is 17.4. The molecule has 0 atom stereocenters. The van der Waals surface area contributed by atoms with Crippen molar-refractivity contribution >= 4 is 55.9 Å². The SMILES string of the molecule is CC1=CC(C)(C)N(C(=O)c2sc3cc([N+](=O)[O-])ccc3c2Cl)c2c(C)cc(C)cc21. The van der Waals surface area contributed by atoms with Gasteiger partial charge in [-0.2, -0.15) is 0 Å². The molecule has 0 unspecified atom stereocenters. The van der Waals surface area contributed by atoms with E-state index in [0.717, 1.165) is 28.0 Å². The first kappa shape index (κ1) is 20.6. The van der Waals surface area contributed by atoms with Crippen molar-refractivity contribution in [3.05, 3.63) is 73.1 Å². The molecule has 1 aromatic heterocycles. The Labute approximate surface area is 183 Å². The molecule has 0 radical (unpaired) electrons. The van der Waals surface area contributed by atoms with Crippen LogP contribution in [0.5, 0.6) is 0 Å². The van der Waals surface area contributed by atoms with E-state index in [1.807, 2.05) is 27.7 Å². The normalized spacial score (nSPS) is 15.1. The summed E-state index contributed by atoms with van der Waals surface area (Å²) in [4.78, 5) is 26.7. The highest BCUT2D eigenvalue weighted by Gasteiger charge is 2.39. The van der Waals surface area contributed by atoms with Crippen molar-refractivity contribution < 1.29 is 9.72 Å². The minimum atomic E-state index is -0.556. The Morgan fingerprint density at radius 3 is 2.53 bits per heavy atom. The lowest BCUT2D eigenvalue weighted by Crippen LogP contribution is -2.49. The largest absolute Gasteiger partial charge is 0.298 e. The Kier molecular flexibility index (Phi) is 4.75. The predicted molar refractivity (Wildman–Crippen MR) is 124 cm³/mol. The molecule has 2 heterocycles. The quantitative estimate of drug-likeness (QED) is 0.321. The second-order valence-electron chi connectivity index (χ2n) is 8.28. The number of carbonyl (C=O) groups excluding carboxylic acids is 1. The van der Waals surface area contributed by atoms with Crippen molar-refractivity contribution in [1.82, 2.24) is 0 Å². The van der Waals surface area contributed by atoms with Gasteiger partial charge in [-0.15, -0.1) is 11.3 Å². The zero-order chi connectivity index (χ0) is 22.0. The van der Waals surface area contributed by atoms with Crippen LogP contribution in [0.4, 0.5) is 11.4 Å². The van der Waals surface area contributed by atoms with Crippen molar-refractivity contribution in [2.24, 2.45) is 0 Å². The third-order valence-electron chi connectivity index (χ3n) is 5.46. The van der Waals surface area contributed by atoms with Crippen molar-refractivity contribution in [2.75, 3.05) is 4.90 Å². The number of aryl methyl sites for hydroxylation is 2. The molecule has 154 valence electrons. The van der Waals surface area contributed by atoms with Crippen molar-refractivity contribution in [2.45, 2.75) is 40.2 Å². The second-order valence-corrected chi connectivity index (χ2v) is 9.71. The van der Waals surface area contributed by atoms with Gasteiger partial charge in [0, 0.05) is 27.8 Å². The monoisotopic (exact) mass is 440 g/mol. The van der Waals surface area contributed by atoms with Crippen molar-refractivity contribution in [3.8, 4) is 0 Å². The molecule has 3 aromatic rings. The lowest BCUT2D eigenvalue weighted by Gasteiger charge is -2.42. The van der Waals surface area contributed by atoms with Gasteiger partial charge in [0.05, 0.1) is 21.2 Å². The first-order chi connectivity index (χ1) is 14.0. The highest BCUT2D eigenvalue weighted by Crippen LogP contribution is 2.45. The van der Waals surface area contributed by atoms with Gasteiger partial charge in [0.2, 0.25) is 0 Å². The maximum absolute atomic E-state index is 13.8. The molecule has 7 heteroatoms. The summed E-state index contributed by atoms with van der Waals surface area (Å²) in [6.45, 7) is 10.1. The zero-order valence-corrected chi connectivity index (χ0v) is 18.9. The number of thiophene rings is 1.